The molecule has 0 unspecified atom stereocenters. The Hall–Kier alpha value is -1.92. The van der Waals surface area contributed by atoms with Crippen LogP contribution in [0.25, 0.3) is 0 Å². The van der Waals surface area contributed by atoms with Crippen LogP contribution in [0.15, 0.2) is 30.3 Å². The van der Waals surface area contributed by atoms with Gasteiger partial charge in [-0.15, -0.1) is 0 Å². The number of carbonyl (C=O) groups is 2. The van der Waals surface area contributed by atoms with E-state index >= 15 is 0 Å². The molecule has 3 atom stereocenters. The Morgan fingerprint density at radius 1 is 1.12 bits per heavy atom. The molecule has 0 aromatic heterocycles. The van der Waals surface area contributed by atoms with Crippen LogP contribution in [0.2, 0.25) is 0 Å². The fourth-order valence-corrected chi connectivity index (χ4v) is 3.03. The van der Waals surface area contributed by atoms with E-state index in [9.17, 15) is 14.7 Å². The lowest BCUT2D eigenvalue weighted by molar-refractivity contribution is -0.134. The zero-order valence-electron chi connectivity index (χ0n) is 13.6. The molecule has 1 heterocycles. The van der Waals surface area contributed by atoms with Crippen molar-refractivity contribution >= 4 is 17.5 Å². The second-order valence-corrected chi connectivity index (χ2v) is 6.56. The maximum atomic E-state index is 12.1. The summed E-state index contributed by atoms with van der Waals surface area (Å²) in [5.74, 6) is 0.0874. The van der Waals surface area contributed by atoms with E-state index in [2.05, 4.69) is 10.6 Å². The predicted molar refractivity (Wildman–Crippen MR) is 89.3 cm³/mol. The molecule has 1 aliphatic carbocycles. The number of rotatable bonds is 6. The van der Waals surface area contributed by atoms with Gasteiger partial charge in [-0.3, -0.25) is 9.59 Å². The molecule has 6 nitrogen and oxygen atoms in total. The molecule has 1 saturated heterocycles. The number of amides is 2. The summed E-state index contributed by atoms with van der Waals surface area (Å²) < 4.78 is 5.83. The quantitative estimate of drug-likeness (QED) is 0.736. The molecule has 1 aliphatic heterocycles. The first-order valence-corrected chi connectivity index (χ1v) is 8.57. The van der Waals surface area contributed by atoms with Gasteiger partial charge in [-0.1, -0.05) is 18.2 Å². The normalized spacial score (nSPS) is 26.6. The minimum atomic E-state index is -0.448. The predicted octanol–water partition coefficient (Wildman–Crippen LogP) is 1.45. The van der Waals surface area contributed by atoms with Crippen LogP contribution in [0, 0.1) is 5.92 Å². The Morgan fingerprint density at radius 2 is 1.88 bits per heavy atom. The first-order chi connectivity index (χ1) is 11.7. The molecule has 0 bridgehead atoms. The summed E-state index contributed by atoms with van der Waals surface area (Å²) in [4.78, 5) is 24.0. The highest BCUT2D eigenvalue weighted by Gasteiger charge is 2.36. The van der Waals surface area contributed by atoms with Gasteiger partial charge in [0, 0.05) is 11.6 Å². The molecule has 0 spiro atoms. The minimum Gasteiger partial charge on any atom is -0.394 e. The SMILES string of the molecule is O=C(C[C@@H]1CC[C@H](NC(=O)C2CC2)[C@H](CO)O1)Nc1ccccc1. The maximum absolute atomic E-state index is 12.1. The van der Waals surface area contributed by atoms with Gasteiger partial charge in [0.1, 0.15) is 6.10 Å². The highest BCUT2D eigenvalue weighted by molar-refractivity contribution is 5.91. The molecule has 3 N–H and O–H groups in total. The van der Waals surface area contributed by atoms with Crippen molar-refractivity contribution in [1.29, 1.82) is 0 Å². The largest absolute Gasteiger partial charge is 0.394 e. The minimum absolute atomic E-state index is 0.0577. The van der Waals surface area contributed by atoms with E-state index in [1.54, 1.807) is 0 Å². The number of aliphatic hydroxyl groups excluding tert-OH is 1. The number of para-hydroxylation sites is 1. The number of benzene rings is 1. The Morgan fingerprint density at radius 3 is 2.54 bits per heavy atom. The van der Waals surface area contributed by atoms with Crippen LogP contribution in [0.4, 0.5) is 5.69 Å². The standard InChI is InChI=1S/C18H24N2O4/c21-11-16-15(20-18(23)12-6-7-12)9-8-14(24-16)10-17(22)19-13-4-2-1-3-5-13/h1-5,12,14-16,21H,6-11H2,(H,19,22)(H,20,23)/t14-,15-,16-/m0/s1. The molecular weight excluding hydrogens is 308 g/mol. The summed E-state index contributed by atoms with van der Waals surface area (Å²) >= 11 is 0. The molecule has 2 fully saturated rings. The van der Waals surface area contributed by atoms with Gasteiger partial charge in [0.2, 0.25) is 11.8 Å². The van der Waals surface area contributed by atoms with E-state index in [1.807, 2.05) is 30.3 Å². The Balaban J connectivity index is 1.47. The van der Waals surface area contributed by atoms with Crippen LogP contribution in [-0.2, 0) is 14.3 Å². The average Bonchev–Trinajstić information content (AvgIpc) is 3.42. The third kappa shape index (κ3) is 4.55. The van der Waals surface area contributed by atoms with Crippen LogP contribution < -0.4 is 10.6 Å². The maximum Gasteiger partial charge on any atom is 0.226 e. The number of hydrogen-bond donors (Lipinski definition) is 3. The zero-order chi connectivity index (χ0) is 16.9. The molecule has 1 saturated carbocycles. The van der Waals surface area contributed by atoms with Gasteiger partial charge in [-0.2, -0.15) is 0 Å². The van der Waals surface area contributed by atoms with Crippen molar-refractivity contribution in [2.45, 2.75) is 50.4 Å². The van der Waals surface area contributed by atoms with E-state index in [0.29, 0.717) is 12.8 Å². The second-order valence-electron chi connectivity index (χ2n) is 6.56. The van der Waals surface area contributed by atoms with Gasteiger partial charge in [-0.05, 0) is 37.8 Å². The number of nitrogens with one attached hydrogen (secondary N) is 2. The molecule has 130 valence electrons. The van der Waals surface area contributed by atoms with Crippen molar-refractivity contribution in [2.24, 2.45) is 5.92 Å². The van der Waals surface area contributed by atoms with Crippen molar-refractivity contribution in [1.82, 2.24) is 5.32 Å². The highest BCUT2D eigenvalue weighted by Crippen LogP contribution is 2.30. The van der Waals surface area contributed by atoms with E-state index in [1.165, 1.54) is 0 Å². The first kappa shape index (κ1) is 16.9. The number of carbonyl (C=O) groups excluding carboxylic acids is 2. The fourth-order valence-electron chi connectivity index (χ4n) is 3.03. The summed E-state index contributed by atoms with van der Waals surface area (Å²) in [6, 6.07) is 9.11. The Labute approximate surface area is 141 Å². The third-order valence-corrected chi connectivity index (χ3v) is 4.54. The number of hydrogen-bond acceptors (Lipinski definition) is 4. The van der Waals surface area contributed by atoms with Crippen molar-refractivity contribution in [3.8, 4) is 0 Å². The van der Waals surface area contributed by atoms with Gasteiger partial charge in [0.25, 0.3) is 0 Å². The summed E-state index contributed by atoms with van der Waals surface area (Å²) in [6.07, 6.45) is 2.86. The van der Waals surface area contributed by atoms with Crippen LogP contribution in [0.1, 0.15) is 32.1 Å². The van der Waals surface area contributed by atoms with Crippen LogP contribution in [0.3, 0.4) is 0 Å². The Kier molecular flexibility index (Phi) is 5.48. The molecule has 2 aliphatic rings. The van der Waals surface area contributed by atoms with Crippen LogP contribution >= 0.6 is 0 Å². The summed E-state index contributed by atoms with van der Waals surface area (Å²) in [5, 5.41) is 15.3. The average molecular weight is 332 g/mol. The topological polar surface area (TPSA) is 87.7 Å². The summed E-state index contributed by atoms with van der Waals surface area (Å²) in [5.41, 5.74) is 0.756. The van der Waals surface area contributed by atoms with E-state index in [-0.39, 0.29) is 42.9 Å². The van der Waals surface area contributed by atoms with E-state index in [4.69, 9.17) is 4.74 Å². The van der Waals surface area contributed by atoms with E-state index < -0.39 is 6.10 Å². The number of ether oxygens (including phenoxy) is 1. The van der Waals surface area contributed by atoms with Crippen molar-refractivity contribution in [3.05, 3.63) is 30.3 Å². The molecule has 2 amide bonds. The molecule has 3 rings (SSSR count). The van der Waals surface area contributed by atoms with Gasteiger partial charge in [0.05, 0.1) is 25.2 Å². The fraction of sp³-hybridized carbons (Fsp3) is 0.556. The third-order valence-electron chi connectivity index (χ3n) is 4.54. The van der Waals surface area contributed by atoms with Gasteiger partial charge in [0.15, 0.2) is 0 Å². The molecule has 6 heteroatoms. The van der Waals surface area contributed by atoms with Gasteiger partial charge in [-0.25, -0.2) is 0 Å². The highest BCUT2D eigenvalue weighted by atomic mass is 16.5. The first-order valence-electron chi connectivity index (χ1n) is 8.57. The second kappa shape index (κ2) is 7.77. The molecule has 0 radical (unpaired) electrons. The smallest absolute Gasteiger partial charge is 0.226 e. The summed E-state index contributed by atoms with van der Waals surface area (Å²) in [7, 11) is 0. The lowest BCUT2D eigenvalue weighted by atomic mass is 9.96. The van der Waals surface area contributed by atoms with Crippen molar-refractivity contribution in [2.75, 3.05) is 11.9 Å². The summed E-state index contributed by atoms with van der Waals surface area (Å²) in [6.45, 7) is -0.160. The van der Waals surface area contributed by atoms with Crippen LogP contribution in [-0.4, -0.2) is 41.8 Å². The molecule has 1 aromatic rings. The van der Waals surface area contributed by atoms with Gasteiger partial charge >= 0.3 is 0 Å². The number of aliphatic hydroxyl groups is 1. The molecule has 24 heavy (non-hydrogen) atoms. The van der Waals surface area contributed by atoms with Crippen LogP contribution in [0.5, 0.6) is 0 Å². The lowest BCUT2D eigenvalue weighted by Gasteiger charge is -2.36. The van der Waals surface area contributed by atoms with Crippen molar-refractivity contribution < 1.29 is 19.4 Å². The molecule has 1 aromatic carbocycles. The monoisotopic (exact) mass is 332 g/mol. The van der Waals surface area contributed by atoms with Gasteiger partial charge < -0.3 is 20.5 Å². The van der Waals surface area contributed by atoms with E-state index in [0.717, 1.165) is 18.5 Å². The molecular formula is C18H24N2O4. The zero-order valence-corrected chi connectivity index (χ0v) is 13.6. The lowest BCUT2D eigenvalue weighted by Crippen LogP contribution is -2.51. The van der Waals surface area contributed by atoms with Crippen molar-refractivity contribution in [3.63, 3.8) is 0 Å². The Bertz CT molecular complexity index is 574. The number of anilines is 1.